The van der Waals surface area contributed by atoms with E-state index in [1.807, 2.05) is 23.7 Å². The molecule has 0 bridgehead atoms. The van der Waals surface area contributed by atoms with Crippen LogP contribution >= 0.6 is 11.3 Å². The number of thiophene rings is 1. The molecule has 24 heavy (non-hydrogen) atoms. The standard InChI is InChI=1S/C16H12F3NO3S/c1-9-6-7-24-12(9)4-5-14(22)23-8-13(21)20-11-3-2-10(17)15(18)16(11)19/h2-7H,8H2,1H3,(H,20,21)/b5-4+. The number of ether oxygens (including phenoxy) is 1. The summed E-state index contributed by atoms with van der Waals surface area (Å²) in [5.41, 5.74) is 0.454. The zero-order chi connectivity index (χ0) is 17.7. The number of nitrogens with one attached hydrogen (secondary N) is 1. The van der Waals surface area contributed by atoms with Crippen molar-refractivity contribution in [3.8, 4) is 0 Å². The molecule has 0 aliphatic rings. The van der Waals surface area contributed by atoms with Crippen molar-refractivity contribution in [2.45, 2.75) is 6.92 Å². The minimum Gasteiger partial charge on any atom is -0.452 e. The molecule has 0 fully saturated rings. The summed E-state index contributed by atoms with van der Waals surface area (Å²) in [4.78, 5) is 23.9. The first-order chi connectivity index (χ1) is 11.4. The number of halogens is 3. The molecule has 8 heteroatoms. The van der Waals surface area contributed by atoms with Crippen LogP contribution in [0.5, 0.6) is 0 Å². The maximum atomic E-state index is 13.4. The summed E-state index contributed by atoms with van der Waals surface area (Å²) >= 11 is 1.44. The molecule has 1 aromatic carbocycles. The van der Waals surface area contributed by atoms with Crippen LogP contribution in [0.1, 0.15) is 10.4 Å². The first-order valence-corrected chi connectivity index (χ1v) is 7.58. The lowest BCUT2D eigenvalue weighted by molar-refractivity contribution is -0.142. The van der Waals surface area contributed by atoms with E-state index in [-0.39, 0.29) is 0 Å². The van der Waals surface area contributed by atoms with Gasteiger partial charge in [0.15, 0.2) is 24.1 Å². The summed E-state index contributed by atoms with van der Waals surface area (Å²) in [6, 6.07) is 3.43. The van der Waals surface area contributed by atoms with Crippen molar-refractivity contribution in [3.05, 3.63) is 57.5 Å². The summed E-state index contributed by atoms with van der Waals surface area (Å²) in [5, 5.41) is 3.86. The number of carbonyl (C=O) groups is 2. The number of benzene rings is 1. The minimum atomic E-state index is -1.70. The van der Waals surface area contributed by atoms with Gasteiger partial charge in [-0.3, -0.25) is 4.79 Å². The number of carbonyl (C=O) groups excluding carboxylic acids is 2. The van der Waals surface area contributed by atoms with Crippen molar-refractivity contribution in [2.24, 2.45) is 0 Å². The average molecular weight is 355 g/mol. The highest BCUT2D eigenvalue weighted by Crippen LogP contribution is 2.19. The molecule has 0 saturated carbocycles. The Balaban J connectivity index is 1.87. The highest BCUT2D eigenvalue weighted by Gasteiger charge is 2.15. The third-order valence-electron chi connectivity index (χ3n) is 2.93. The van der Waals surface area contributed by atoms with Gasteiger partial charge in [-0.2, -0.15) is 0 Å². The van der Waals surface area contributed by atoms with Crippen LogP contribution in [0.3, 0.4) is 0 Å². The zero-order valence-corrected chi connectivity index (χ0v) is 13.3. The molecule has 126 valence electrons. The highest BCUT2D eigenvalue weighted by molar-refractivity contribution is 7.11. The van der Waals surface area contributed by atoms with Crippen LogP contribution in [0.2, 0.25) is 0 Å². The molecule has 0 radical (unpaired) electrons. The number of rotatable bonds is 5. The maximum Gasteiger partial charge on any atom is 0.331 e. The second-order valence-electron chi connectivity index (χ2n) is 4.68. The molecule has 0 saturated heterocycles. The SMILES string of the molecule is Cc1ccsc1/C=C/C(=O)OCC(=O)Nc1ccc(F)c(F)c1F. The van der Waals surface area contributed by atoms with E-state index in [1.54, 1.807) is 6.08 Å². The smallest absolute Gasteiger partial charge is 0.331 e. The summed E-state index contributed by atoms with van der Waals surface area (Å²) in [5.74, 6) is -6.23. The molecule has 1 N–H and O–H groups in total. The monoisotopic (exact) mass is 355 g/mol. The lowest BCUT2D eigenvalue weighted by Gasteiger charge is -2.07. The Labute approximate surface area is 139 Å². The zero-order valence-electron chi connectivity index (χ0n) is 12.4. The molecule has 0 unspecified atom stereocenters. The summed E-state index contributed by atoms with van der Waals surface area (Å²) in [7, 11) is 0. The van der Waals surface area contributed by atoms with E-state index >= 15 is 0 Å². The lowest BCUT2D eigenvalue weighted by Crippen LogP contribution is -2.21. The first kappa shape index (κ1) is 17.7. The Morgan fingerprint density at radius 2 is 1.96 bits per heavy atom. The van der Waals surface area contributed by atoms with Gasteiger partial charge in [0.2, 0.25) is 0 Å². The minimum absolute atomic E-state index is 0.542. The van der Waals surface area contributed by atoms with Gasteiger partial charge in [-0.05, 0) is 42.1 Å². The van der Waals surface area contributed by atoms with Crippen molar-refractivity contribution < 1.29 is 27.5 Å². The Morgan fingerprint density at radius 3 is 2.62 bits per heavy atom. The van der Waals surface area contributed by atoms with Gasteiger partial charge in [0.1, 0.15) is 0 Å². The van der Waals surface area contributed by atoms with Crippen molar-refractivity contribution in [3.63, 3.8) is 0 Å². The molecule has 0 aliphatic carbocycles. The van der Waals surface area contributed by atoms with Gasteiger partial charge in [-0.1, -0.05) is 0 Å². The lowest BCUT2D eigenvalue weighted by atomic mass is 10.3. The Morgan fingerprint density at radius 1 is 1.21 bits per heavy atom. The van der Waals surface area contributed by atoms with E-state index in [0.29, 0.717) is 6.07 Å². The molecular formula is C16H12F3NO3S. The number of amides is 1. The second kappa shape index (κ2) is 7.78. The predicted molar refractivity (Wildman–Crippen MR) is 84.0 cm³/mol. The topological polar surface area (TPSA) is 55.4 Å². The number of hydrogen-bond acceptors (Lipinski definition) is 4. The van der Waals surface area contributed by atoms with E-state index < -0.39 is 41.6 Å². The first-order valence-electron chi connectivity index (χ1n) is 6.70. The third-order valence-corrected chi connectivity index (χ3v) is 3.91. The number of aryl methyl sites for hydroxylation is 1. The van der Waals surface area contributed by atoms with Gasteiger partial charge >= 0.3 is 5.97 Å². The van der Waals surface area contributed by atoms with Crippen LogP contribution in [0.15, 0.2) is 29.7 Å². The van der Waals surface area contributed by atoms with Crippen molar-refractivity contribution in [2.75, 3.05) is 11.9 Å². The van der Waals surface area contributed by atoms with Gasteiger partial charge in [0.05, 0.1) is 5.69 Å². The maximum absolute atomic E-state index is 13.4. The van der Waals surface area contributed by atoms with E-state index in [4.69, 9.17) is 0 Å². The molecular weight excluding hydrogens is 343 g/mol. The van der Waals surface area contributed by atoms with E-state index in [2.05, 4.69) is 4.74 Å². The van der Waals surface area contributed by atoms with Gasteiger partial charge in [0, 0.05) is 11.0 Å². The van der Waals surface area contributed by atoms with Gasteiger partial charge in [-0.25, -0.2) is 18.0 Å². The Hall–Kier alpha value is -2.61. The van der Waals surface area contributed by atoms with Crippen LogP contribution in [0, 0.1) is 24.4 Å². The highest BCUT2D eigenvalue weighted by atomic mass is 32.1. The fourth-order valence-electron chi connectivity index (χ4n) is 1.69. The predicted octanol–water partition coefficient (Wildman–Crippen LogP) is 3.67. The molecule has 2 aromatic rings. The molecule has 1 aromatic heterocycles. The van der Waals surface area contributed by atoms with Gasteiger partial charge < -0.3 is 10.1 Å². The molecule has 0 spiro atoms. The van der Waals surface area contributed by atoms with E-state index in [0.717, 1.165) is 22.6 Å². The van der Waals surface area contributed by atoms with Crippen LogP contribution < -0.4 is 5.32 Å². The number of hydrogen-bond donors (Lipinski definition) is 1. The molecule has 1 heterocycles. The van der Waals surface area contributed by atoms with E-state index in [9.17, 15) is 22.8 Å². The Bertz CT molecular complexity index is 802. The van der Waals surface area contributed by atoms with Crippen molar-refractivity contribution >= 4 is 35.0 Å². The van der Waals surface area contributed by atoms with Gasteiger partial charge in [0.25, 0.3) is 5.91 Å². The van der Waals surface area contributed by atoms with Crippen LogP contribution in [-0.4, -0.2) is 18.5 Å². The van der Waals surface area contributed by atoms with Crippen LogP contribution in [0.25, 0.3) is 6.08 Å². The van der Waals surface area contributed by atoms with Gasteiger partial charge in [-0.15, -0.1) is 11.3 Å². The van der Waals surface area contributed by atoms with Crippen molar-refractivity contribution in [1.29, 1.82) is 0 Å². The summed E-state index contributed by atoms with van der Waals surface area (Å²) < 4.78 is 43.9. The largest absolute Gasteiger partial charge is 0.452 e. The second-order valence-corrected chi connectivity index (χ2v) is 5.63. The van der Waals surface area contributed by atoms with E-state index in [1.165, 1.54) is 11.3 Å². The van der Waals surface area contributed by atoms with Crippen LogP contribution in [-0.2, 0) is 14.3 Å². The molecule has 2 rings (SSSR count). The fraction of sp³-hybridized carbons (Fsp3) is 0.125. The normalized spacial score (nSPS) is 10.8. The van der Waals surface area contributed by atoms with Crippen LogP contribution in [0.4, 0.5) is 18.9 Å². The quantitative estimate of drug-likeness (QED) is 0.506. The Kier molecular flexibility index (Phi) is 5.75. The summed E-state index contributed by atoms with van der Waals surface area (Å²) in [6.07, 6.45) is 2.71. The molecule has 0 atom stereocenters. The molecule has 4 nitrogen and oxygen atoms in total. The molecule has 1 amide bonds. The number of esters is 1. The third kappa shape index (κ3) is 4.45. The van der Waals surface area contributed by atoms with Crippen molar-refractivity contribution in [1.82, 2.24) is 0 Å². The molecule has 0 aliphatic heterocycles. The fourth-order valence-corrected chi connectivity index (χ4v) is 2.51. The number of anilines is 1. The average Bonchev–Trinajstić information content (AvgIpc) is 2.96. The summed E-state index contributed by atoms with van der Waals surface area (Å²) in [6.45, 7) is 1.19.